The maximum absolute atomic E-state index is 13.9. The number of aromatic nitrogens is 1. The normalized spacial score (nSPS) is 19.7. The molecule has 3 heterocycles. The number of aliphatic hydroxyl groups is 1. The molecule has 0 atom stereocenters. The zero-order valence-electron chi connectivity index (χ0n) is 12.3. The van der Waals surface area contributed by atoms with Crippen LogP contribution in [0.2, 0.25) is 0 Å². The number of benzene rings is 1. The molecule has 4 rings (SSSR count). The summed E-state index contributed by atoms with van der Waals surface area (Å²) in [6.45, 7) is 1.99. The predicted octanol–water partition coefficient (Wildman–Crippen LogP) is 1.99. The molecule has 116 valence electrons. The summed E-state index contributed by atoms with van der Waals surface area (Å²) < 4.78 is 21.4. The van der Waals surface area contributed by atoms with Crippen LogP contribution in [0.25, 0.3) is 10.9 Å². The molecule has 0 aliphatic carbocycles. The minimum absolute atomic E-state index is 0.0327. The summed E-state index contributed by atoms with van der Waals surface area (Å²) in [6.07, 6.45) is 2.60. The molecule has 2 aliphatic rings. The quantitative estimate of drug-likeness (QED) is 0.876. The van der Waals surface area contributed by atoms with E-state index in [1.807, 2.05) is 4.57 Å². The summed E-state index contributed by atoms with van der Waals surface area (Å²) in [7, 11) is 0. The van der Waals surface area contributed by atoms with Gasteiger partial charge in [0.25, 0.3) is 0 Å². The zero-order chi connectivity index (χ0) is 15.3. The van der Waals surface area contributed by atoms with E-state index in [1.165, 1.54) is 18.2 Å². The van der Waals surface area contributed by atoms with Crippen LogP contribution in [0.5, 0.6) is 0 Å². The summed E-state index contributed by atoms with van der Waals surface area (Å²) in [5.74, 6) is -0.369. The molecule has 1 spiro atoms. The third-order valence-corrected chi connectivity index (χ3v) is 5.11. The number of hydrogen-bond donors (Lipinski definition) is 1. The van der Waals surface area contributed by atoms with Crippen LogP contribution in [0.4, 0.5) is 4.39 Å². The van der Waals surface area contributed by atoms with Gasteiger partial charge in [-0.2, -0.15) is 0 Å². The third-order valence-electron chi connectivity index (χ3n) is 5.11. The van der Waals surface area contributed by atoms with Crippen LogP contribution in [-0.2, 0) is 24.3 Å². The summed E-state index contributed by atoms with van der Waals surface area (Å²) in [4.78, 5) is 12.2. The van der Waals surface area contributed by atoms with E-state index >= 15 is 0 Å². The van der Waals surface area contributed by atoms with E-state index < -0.39 is 0 Å². The van der Waals surface area contributed by atoms with Crippen LogP contribution in [0.1, 0.15) is 24.1 Å². The van der Waals surface area contributed by atoms with Gasteiger partial charge in [-0.3, -0.25) is 4.79 Å². The molecule has 5 heteroatoms. The molecule has 0 bridgehead atoms. The minimum Gasteiger partial charge on any atom is -0.390 e. The zero-order valence-corrected chi connectivity index (χ0v) is 12.3. The van der Waals surface area contributed by atoms with E-state index in [2.05, 4.69) is 0 Å². The lowest BCUT2D eigenvalue weighted by atomic mass is 9.72. The lowest BCUT2D eigenvalue weighted by molar-refractivity contribution is 0.00325. The standard InChI is InChI=1S/C17H18FNO3/c18-12-5-11-8-17(1-3-22-4-2-17)10-19-13(9-20)7-15(21)14(6-12)16(11)19/h5-7,20H,1-4,8-10H2. The van der Waals surface area contributed by atoms with Crippen molar-refractivity contribution in [1.29, 1.82) is 0 Å². The van der Waals surface area contributed by atoms with Crippen LogP contribution in [0.3, 0.4) is 0 Å². The molecule has 1 aromatic carbocycles. The first-order valence-corrected chi connectivity index (χ1v) is 7.65. The second-order valence-corrected chi connectivity index (χ2v) is 6.49. The van der Waals surface area contributed by atoms with Gasteiger partial charge < -0.3 is 14.4 Å². The molecule has 2 aromatic rings. The van der Waals surface area contributed by atoms with Crippen molar-refractivity contribution in [2.75, 3.05) is 13.2 Å². The smallest absolute Gasteiger partial charge is 0.189 e. The third kappa shape index (κ3) is 2.00. The molecule has 0 saturated carbocycles. The Hall–Kier alpha value is -1.72. The molecule has 1 fully saturated rings. The van der Waals surface area contributed by atoms with Gasteiger partial charge >= 0.3 is 0 Å². The van der Waals surface area contributed by atoms with Crippen molar-refractivity contribution in [1.82, 2.24) is 4.57 Å². The topological polar surface area (TPSA) is 51.5 Å². The Kier molecular flexibility index (Phi) is 3.09. The molecule has 1 saturated heterocycles. The Labute approximate surface area is 127 Å². The lowest BCUT2D eigenvalue weighted by Gasteiger charge is -2.42. The molecule has 2 aliphatic heterocycles. The van der Waals surface area contributed by atoms with Gasteiger partial charge in [0.05, 0.1) is 12.1 Å². The number of aliphatic hydroxyl groups excluding tert-OH is 1. The van der Waals surface area contributed by atoms with Gasteiger partial charge in [0.2, 0.25) is 0 Å². The fourth-order valence-corrected chi connectivity index (χ4v) is 3.99. The van der Waals surface area contributed by atoms with Crippen LogP contribution >= 0.6 is 0 Å². The Morgan fingerprint density at radius 3 is 2.77 bits per heavy atom. The average molecular weight is 303 g/mol. The van der Waals surface area contributed by atoms with Crippen molar-refractivity contribution in [2.24, 2.45) is 5.41 Å². The van der Waals surface area contributed by atoms with Gasteiger partial charge in [-0.05, 0) is 42.4 Å². The highest BCUT2D eigenvalue weighted by molar-refractivity contribution is 5.83. The maximum Gasteiger partial charge on any atom is 0.189 e. The van der Waals surface area contributed by atoms with Crippen molar-refractivity contribution in [3.63, 3.8) is 0 Å². The number of halogens is 1. The van der Waals surface area contributed by atoms with E-state index in [9.17, 15) is 14.3 Å². The summed E-state index contributed by atoms with van der Waals surface area (Å²) >= 11 is 0. The van der Waals surface area contributed by atoms with E-state index in [-0.39, 0.29) is 23.3 Å². The van der Waals surface area contributed by atoms with Crippen molar-refractivity contribution >= 4 is 10.9 Å². The second-order valence-electron chi connectivity index (χ2n) is 6.49. The Bertz CT molecular complexity index is 806. The Balaban J connectivity index is 2.00. The van der Waals surface area contributed by atoms with Gasteiger partial charge in [-0.1, -0.05) is 0 Å². The first-order chi connectivity index (χ1) is 10.6. The van der Waals surface area contributed by atoms with Gasteiger partial charge in [0, 0.05) is 36.9 Å². The molecule has 1 N–H and O–H groups in total. The summed E-state index contributed by atoms with van der Waals surface area (Å²) in [5.41, 5.74) is 2.07. The summed E-state index contributed by atoms with van der Waals surface area (Å²) in [6, 6.07) is 4.28. The number of nitrogens with zero attached hydrogens (tertiary/aromatic N) is 1. The number of pyridine rings is 1. The van der Waals surface area contributed by atoms with Crippen LogP contribution in [0.15, 0.2) is 23.0 Å². The summed E-state index contributed by atoms with van der Waals surface area (Å²) in [5, 5.41) is 10.0. The van der Waals surface area contributed by atoms with Crippen molar-refractivity contribution in [3.8, 4) is 0 Å². The fourth-order valence-electron chi connectivity index (χ4n) is 3.99. The monoisotopic (exact) mass is 303 g/mol. The largest absolute Gasteiger partial charge is 0.390 e. The highest BCUT2D eigenvalue weighted by Gasteiger charge is 2.38. The van der Waals surface area contributed by atoms with E-state index in [1.54, 1.807) is 0 Å². The number of ether oxygens (including phenoxy) is 1. The maximum atomic E-state index is 13.9. The highest BCUT2D eigenvalue weighted by atomic mass is 19.1. The first kappa shape index (κ1) is 13.9. The first-order valence-electron chi connectivity index (χ1n) is 7.65. The minimum atomic E-state index is -0.369. The van der Waals surface area contributed by atoms with Crippen molar-refractivity contribution in [2.45, 2.75) is 32.4 Å². The van der Waals surface area contributed by atoms with Crippen LogP contribution in [0, 0.1) is 11.2 Å². The number of hydrogen-bond acceptors (Lipinski definition) is 3. The predicted molar refractivity (Wildman–Crippen MR) is 80.3 cm³/mol. The fraction of sp³-hybridized carbons (Fsp3) is 0.471. The molecule has 1 aromatic heterocycles. The SMILES string of the molecule is O=c1cc(CO)n2c3c(cc(F)cc13)CC1(CCOCC1)C2. The molecular formula is C17H18FNO3. The van der Waals surface area contributed by atoms with E-state index in [0.717, 1.165) is 36.9 Å². The van der Waals surface area contributed by atoms with Crippen molar-refractivity contribution < 1.29 is 14.2 Å². The van der Waals surface area contributed by atoms with Gasteiger partial charge in [-0.25, -0.2) is 4.39 Å². The number of rotatable bonds is 1. The van der Waals surface area contributed by atoms with Gasteiger partial charge in [-0.15, -0.1) is 0 Å². The lowest BCUT2D eigenvalue weighted by Crippen LogP contribution is -2.40. The van der Waals surface area contributed by atoms with Gasteiger partial charge in [0.15, 0.2) is 5.43 Å². The van der Waals surface area contributed by atoms with Crippen LogP contribution in [-0.4, -0.2) is 22.9 Å². The molecule has 0 unspecified atom stereocenters. The van der Waals surface area contributed by atoms with Crippen molar-refractivity contribution in [3.05, 3.63) is 45.5 Å². The Morgan fingerprint density at radius 2 is 2.05 bits per heavy atom. The van der Waals surface area contributed by atoms with E-state index in [0.29, 0.717) is 24.3 Å². The van der Waals surface area contributed by atoms with Crippen LogP contribution < -0.4 is 5.43 Å². The molecule has 0 amide bonds. The molecular weight excluding hydrogens is 285 g/mol. The van der Waals surface area contributed by atoms with Gasteiger partial charge in [0.1, 0.15) is 5.82 Å². The molecule has 4 nitrogen and oxygen atoms in total. The highest BCUT2D eigenvalue weighted by Crippen LogP contribution is 2.42. The van der Waals surface area contributed by atoms with E-state index in [4.69, 9.17) is 4.74 Å². The molecule has 22 heavy (non-hydrogen) atoms. The Morgan fingerprint density at radius 1 is 1.27 bits per heavy atom. The average Bonchev–Trinajstić information content (AvgIpc) is 2.50. The molecule has 0 radical (unpaired) electrons. The second kappa shape index (κ2) is 4.89.